The first-order chi connectivity index (χ1) is 8.45. The molecule has 2 N–H and O–H groups in total. The summed E-state index contributed by atoms with van der Waals surface area (Å²) in [5, 5.41) is 0. The molecule has 1 unspecified atom stereocenters. The molecule has 1 atom stereocenters. The van der Waals surface area contributed by atoms with E-state index in [1.807, 2.05) is 36.1 Å². The van der Waals surface area contributed by atoms with E-state index in [-0.39, 0.29) is 17.9 Å². The monoisotopic (exact) mass is 248 g/mol. The van der Waals surface area contributed by atoms with E-state index in [0.717, 1.165) is 17.8 Å². The van der Waals surface area contributed by atoms with Gasteiger partial charge < -0.3 is 10.6 Å². The van der Waals surface area contributed by atoms with Crippen LogP contribution in [0.15, 0.2) is 24.3 Å². The van der Waals surface area contributed by atoms with Gasteiger partial charge >= 0.3 is 0 Å². The largest absolute Gasteiger partial charge is 0.399 e. The van der Waals surface area contributed by atoms with Crippen molar-refractivity contribution in [3.8, 4) is 0 Å². The molecular formula is C15H24N2O. The summed E-state index contributed by atoms with van der Waals surface area (Å²) in [5.41, 5.74) is 7.59. The molecule has 18 heavy (non-hydrogen) atoms. The van der Waals surface area contributed by atoms with E-state index in [1.54, 1.807) is 0 Å². The predicted molar refractivity (Wildman–Crippen MR) is 76.4 cm³/mol. The van der Waals surface area contributed by atoms with Crippen LogP contribution in [0.4, 0.5) is 5.69 Å². The van der Waals surface area contributed by atoms with E-state index in [4.69, 9.17) is 5.73 Å². The first kappa shape index (κ1) is 14.6. The Hall–Kier alpha value is -1.51. The summed E-state index contributed by atoms with van der Waals surface area (Å²) in [6.45, 7) is 8.97. The van der Waals surface area contributed by atoms with Crippen LogP contribution in [0.1, 0.15) is 45.6 Å². The lowest BCUT2D eigenvalue weighted by Crippen LogP contribution is -2.37. The highest BCUT2D eigenvalue weighted by molar-refractivity contribution is 5.77. The molecule has 0 radical (unpaired) electrons. The molecule has 0 heterocycles. The van der Waals surface area contributed by atoms with Crippen LogP contribution in [-0.4, -0.2) is 23.4 Å². The van der Waals surface area contributed by atoms with Crippen molar-refractivity contribution in [3.63, 3.8) is 0 Å². The van der Waals surface area contributed by atoms with E-state index in [0.29, 0.717) is 6.42 Å². The lowest BCUT2D eigenvalue weighted by Gasteiger charge is -2.26. The van der Waals surface area contributed by atoms with Gasteiger partial charge in [0, 0.05) is 24.7 Å². The molecule has 0 saturated carbocycles. The number of hydrogen-bond acceptors (Lipinski definition) is 2. The third-order valence-electron chi connectivity index (χ3n) is 3.27. The van der Waals surface area contributed by atoms with Crippen molar-refractivity contribution in [2.24, 2.45) is 0 Å². The maximum absolute atomic E-state index is 12.2. The van der Waals surface area contributed by atoms with Crippen molar-refractivity contribution in [1.82, 2.24) is 4.90 Å². The fourth-order valence-corrected chi connectivity index (χ4v) is 2.15. The summed E-state index contributed by atoms with van der Waals surface area (Å²) in [6, 6.07) is 8.03. The Morgan fingerprint density at radius 2 is 1.78 bits per heavy atom. The number of rotatable bonds is 5. The summed E-state index contributed by atoms with van der Waals surface area (Å²) in [6.07, 6.45) is 0.552. The van der Waals surface area contributed by atoms with E-state index in [1.165, 1.54) is 0 Å². The maximum atomic E-state index is 12.2. The maximum Gasteiger partial charge on any atom is 0.223 e. The second-order valence-electron chi connectivity index (χ2n) is 5.05. The van der Waals surface area contributed by atoms with Gasteiger partial charge in [0.1, 0.15) is 0 Å². The molecule has 100 valence electrons. The number of nitrogens with zero attached hydrogens (tertiary/aromatic N) is 1. The Morgan fingerprint density at radius 3 is 2.22 bits per heavy atom. The highest BCUT2D eigenvalue weighted by Gasteiger charge is 2.18. The lowest BCUT2D eigenvalue weighted by atomic mass is 9.96. The molecule has 0 aliphatic rings. The number of nitrogen functional groups attached to an aromatic ring is 1. The summed E-state index contributed by atoms with van der Waals surface area (Å²) in [5.74, 6) is 0.447. The van der Waals surface area contributed by atoms with E-state index >= 15 is 0 Å². The molecule has 0 bridgehead atoms. The quantitative estimate of drug-likeness (QED) is 0.814. The third kappa shape index (κ3) is 3.76. The molecule has 1 aromatic carbocycles. The molecule has 0 aliphatic heterocycles. The highest BCUT2D eigenvalue weighted by Crippen LogP contribution is 2.21. The Morgan fingerprint density at radius 1 is 1.22 bits per heavy atom. The molecule has 0 aromatic heterocycles. The summed E-state index contributed by atoms with van der Waals surface area (Å²) >= 11 is 0. The van der Waals surface area contributed by atoms with Crippen LogP contribution in [0.5, 0.6) is 0 Å². The zero-order valence-corrected chi connectivity index (χ0v) is 11.8. The van der Waals surface area contributed by atoms with Gasteiger partial charge in [0.2, 0.25) is 5.91 Å². The smallest absolute Gasteiger partial charge is 0.223 e. The normalized spacial score (nSPS) is 12.5. The molecule has 0 spiro atoms. The van der Waals surface area contributed by atoms with E-state index in [2.05, 4.69) is 20.8 Å². The second kappa shape index (κ2) is 6.43. The Balaban J connectivity index is 2.66. The van der Waals surface area contributed by atoms with Gasteiger partial charge in [0.25, 0.3) is 0 Å². The zero-order valence-electron chi connectivity index (χ0n) is 11.8. The zero-order chi connectivity index (χ0) is 13.7. The van der Waals surface area contributed by atoms with Gasteiger partial charge in [-0.1, -0.05) is 19.1 Å². The van der Waals surface area contributed by atoms with Crippen molar-refractivity contribution in [1.29, 1.82) is 0 Å². The lowest BCUT2D eigenvalue weighted by molar-refractivity contribution is -0.132. The second-order valence-corrected chi connectivity index (χ2v) is 5.05. The van der Waals surface area contributed by atoms with Gasteiger partial charge in [-0.05, 0) is 44.4 Å². The molecule has 1 aromatic rings. The van der Waals surface area contributed by atoms with Gasteiger partial charge in [-0.3, -0.25) is 4.79 Å². The number of carbonyl (C=O) groups excluding carboxylic acids is 1. The Kier molecular flexibility index (Phi) is 5.20. The summed E-state index contributed by atoms with van der Waals surface area (Å²) in [4.78, 5) is 14.1. The van der Waals surface area contributed by atoms with Gasteiger partial charge in [-0.25, -0.2) is 0 Å². The average Bonchev–Trinajstić information content (AvgIpc) is 2.29. The van der Waals surface area contributed by atoms with E-state index in [9.17, 15) is 4.79 Å². The number of carbonyl (C=O) groups is 1. The number of nitrogens with two attached hydrogens (primary N) is 1. The Labute approximate surface area is 110 Å². The van der Waals surface area contributed by atoms with Crippen molar-refractivity contribution in [2.75, 3.05) is 12.3 Å². The van der Waals surface area contributed by atoms with E-state index < -0.39 is 0 Å². The molecular weight excluding hydrogens is 224 g/mol. The minimum Gasteiger partial charge on any atom is -0.399 e. The van der Waals surface area contributed by atoms with Crippen molar-refractivity contribution in [2.45, 2.75) is 46.1 Å². The number of amides is 1. The van der Waals surface area contributed by atoms with Crippen molar-refractivity contribution < 1.29 is 4.79 Å². The Bertz CT molecular complexity index is 384. The van der Waals surface area contributed by atoms with Crippen LogP contribution < -0.4 is 5.73 Å². The van der Waals surface area contributed by atoms with Crippen LogP contribution in [0.2, 0.25) is 0 Å². The fraction of sp³-hybridized carbons (Fsp3) is 0.533. The minimum atomic E-state index is 0.219. The first-order valence-corrected chi connectivity index (χ1v) is 6.60. The predicted octanol–water partition coefficient (Wildman–Crippen LogP) is 3.02. The number of benzene rings is 1. The SMILES string of the molecule is CCN(C(=O)CC(C)c1ccc(N)cc1)C(C)C. The van der Waals surface area contributed by atoms with Crippen LogP contribution in [0.3, 0.4) is 0 Å². The van der Waals surface area contributed by atoms with Crippen LogP contribution >= 0.6 is 0 Å². The molecule has 1 amide bonds. The fourth-order valence-electron chi connectivity index (χ4n) is 2.15. The van der Waals surface area contributed by atoms with Gasteiger partial charge in [0.05, 0.1) is 0 Å². The third-order valence-corrected chi connectivity index (χ3v) is 3.27. The first-order valence-electron chi connectivity index (χ1n) is 6.60. The molecule has 3 nitrogen and oxygen atoms in total. The standard InChI is InChI=1S/C15H24N2O/c1-5-17(11(2)3)15(18)10-12(4)13-6-8-14(16)9-7-13/h6-9,11-12H,5,10,16H2,1-4H3. The molecule has 0 aliphatic carbocycles. The number of hydrogen-bond donors (Lipinski definition) is 1. The van der Waals surface area contributed by atoms with Gasteiger partial charge in [-0.15, -0.1) is 0 Å². The average molecular weight is 248 g/mol. The van der Waals surface area contributed by atoms with Crippen LogP contribution in [0, 0.1) is 0 Å². The van der Waals surface area contributed by atoms with Gasteiger partial charge in [-0.2, -0.15) is 0 Å². The van der Waals surface area contributed by atoms with Crippen LogP contribution in [0.25, 0.3) is 0 Å². The topological polar surface area (TPSA) is 46.3 Å². The molecule has 1 rings (SSSR count). The molecule has 0 fully saturated rings. The number of anilines is 1. The molecule has 0 saturated heterocycles. The minimum absolute atomic E-state index is 0.219. The van der Waals surface area contributed by atoms with Crippen molar-refractivity contribution in [3.05, 3.63) is 29.8 Å². The van der Waals surface area contributed by atoms with Gasteiger partial charge in [0.15, 0.2) is 0 Å². The highest BCUT2D eigenvalue weighted by atomic mass is 16.2. The summed E-state index contributed by atoms with van der Waals surface area (Å²) < 4.78 is 0. The van der Waals surface area contributed by atoms with Crippen LogP contribution in [-0.2, 0) is 4.79 Å². The van der Waals surface area contributed by atoms with Crippen molar-refractivity contribution >= 4 is 11.6 Å². The summed E-state index contributed by atoms with van der Waals surface area (Å²) in [7, 11) is 0. The molecule has 3 heteroatoms.